The molecule has 0 fully saturated rings. The van der Waals surface area contributed by atoms with Gasteiger partial charge in [-0.3, -0.25) is 0 Å². The van der Waals surface area contributed by atoms with Gasteiger partial charge in [0.05, 0.1) is 0 Å². The molecule has 19 heavy (non-hydrogen) atoms. The van der Waals surface area contributed by atoms with Crippen LogP contribution in [-0.2, 0) is 6.42 Å². The van der Waals surface area contributed by atoms with E-state index in [1.807, 2.05) is 6.20 Å². The number of nitrogens with zero attached hydrogens (tertiary/aromatic N) is 1. The summed E-state index contributed by atoms with van der Waals surface area (Å²) in [5.74, 6) is 1.01. The number of alkyl halides is 1. The fraction of sp³-hybridized carbons (Fsp3) is 0.812. The van der Waals surface area contributed by atoms with Crippen LogP contribution in [0.4, 0.5) is 0 Å². The van der Waals surface area contributed by atoms with E-state index in [1.54, 1.807) is 6.20 Å². The van der Waals surface area contributed by atoms with Gasteiger partial charge in [-0.15, -0.1) is 11.6 Å². The highest BCUT2D eigenvalue weighted by atomic mass is 35.5. The molecular weight excluding hydrogens is 256 g/mol. The fourth-order valence-electron chi connectivity index (χ4n) is 2.40. The van der Waals surface area contributed by atoms with Gasteiger partial charge in [-0.05, 0) is 6.42 Å². The molecular formula is C16H29ClN2. The number of halogens is 1. The lowest BCUT2D eigenvalue weighted by atomic mass is 10.1. The van der Waals surface area contributed by atoms with Gasteiger partial charge in [-0.1, -0.05) is 64.7 Å². The molecule has 0 aromatic carbocycles. The minimum absolute atomic E-state index is 0.232. The standard InChI is InChI=1S/C16H29ClN2/c1-2-3-4-5-6-7-8-9-10-11-15(17)14-16-18-12-13-19-16/h12-13,15H,2-11,14H2,1H3,(H,18,19). The molecule has 1 N–H and O–H groups in total. The zero-order valence-corrected chi connectivity index (χ0v) is 13.1. The first-order chi connectivity index (χ1) is 9.33. The lowest BCUT2D eigenvalue weighted by Crippen LogP contribution is -2.04. The maximum absolute atomic E-state index is 6.31. The summed E-state index contributed by atoms with van der Waals surface area (Å²) >= 11 is 6.31. The highest BCUT2D eigenvalue weighted by Crippen LogP contribution is 2.15. The van der Waals surface area contributed by atoms with Crippen molar-refractivity contribution in [1.29, 1.82) is 0 Å². The van der Waals surface area contributed by atoms with Crippen molar-refractivity contribution < 1.29 is 0 Å². The van der Waals surface area contributed by atoms with Crippen molar-refractivity contribution in [2.24, 2.45) is 0 Å². The largest absolute Gasteiger partial charge is 0.349 e. The van der Waals surface area contributed by atoms with E-state index in [0.29, 0.717) is 0 Å². The Labute approximate surface area is 123 Å². The maximum atomic E-state index is 6.31. The molecule has 0 amide bonds. The van der Waals surface area contributed by atoms with Crippen LogP contribution in [0.2, 0.25) is 0 Å². The van der Waals surface area contributed by atoms with Gasteiger partial charge in [-0.25, -0.2) is 4.98 Å². The number of imidazole rings is 1. The molecule has 2 nitrogen and oxygen atoms in total. The molecule has 0 bridgehead atoms. The van der Waals surface area contributed by atoms with Crippen LogP contribution in [0.1, 0.15) is 77.0 Å². The molecule has 1 heterocycles. The Hall–Kier alpha value is -0.500. The van der Waals surface area contributed by atoms with Gasteiger partial charge in [0.25, 0.3) is 0 Å². The van der Waals surface area contributed by atoms with Gasteiger partial charge in [-0.2, -0.15) is 0 Å². The SMILES string of the molecule is CCCCCCCCCCCC(Cl)Cc1ncc[nH]1. The number of rotatable bonds is 12. The van der Waals surface area contributed by atoms with E-state index >= 15 is 0 Å². The number of H-pyrrole nitrogens is 1. The van der Waals surface area contributed by atoms with Gasteiger partial charge in [0, 0.05) is 24.2 Å². The van der Waals surface area contributed by atoms with E-state index in [4.69, 9.17) is 11.6 Å². The van der Waals surface area contributed by atoms with E-state index < -0.39 is 0 Å². The summed E-state index contributed by atoms with van der Waals surface area (Å²) in [6.45, 7) is 2.27. The molecule has 0 aliphatic heterocycles. The second-order valence-corrected chi connectivity index (χ2v) is 6.07. The van der Waals surface area contributed by atoms with Crippen LogP contribution >= 0.6 is 11.6 Å². The number of unbranched alkanes of at least 4 members (excludes halogenated alkanes) is 8. The van der Waals surface area contributed by atoms with Crippen LogP contribution in [0.15, 0.2) is 12.4 Å². The van der Waals surface area contributed by atoms with Crippen LogP contribution in [0.5, 0.6) is 0 Å². The molecule has 1 unspecified atom stereocenters. The summed E-state index contributed by atoms with van der Waals surface area (Å²) in [4.78, 5) is 7.32. The molecule has 3 heteroatoms. The van der Waals surface area contributed by atoms with Crippen LogP contribution in [-0.4, -0.2) is 15.3 Å². The van der Waals surface area contributed by atoms with Crippen molar-refractivity contribution in [3.63, 3.8) is 0 Å². The quantitative estimate of drug-likeness (QED) is 0.399. The van der Waals surface area contributed by atoms with Crippen molar-refractivity contribution in [1.82, 2.24) is 9.97 Å². The number of hydrogen-bond donors (Lipinski definition) is 1. The molecule has 0 saturated carbocycles. The second kappa shape index (κ2) is 11.3. The first-order valence-electron chi connectivity index (χ1n) is 7.95. The minimum Gasteiger partial charge on any atom is -0.349 e. The number of nitrogens with one attached hydrogen (secondary N) is 1. The summed E-state index contributed by atoms with van der Waals surface area (Å²) < 4.78 is 0. The van der Waals surface area contributed by atoms with E-state index in [-0.39, 0.29) is 5.38 Å². The van der Waals surface area contributed by atoms with E-state index in [0.717, 1.165) is 18.7 Å². The van der Waals surface area contributed by atoms with Crippen LogP contribution in [0, 0.1) is 0 Å². The number of aromatic amines is 1. The molecule has 0 radical (unpaired) electrons. The molecule has 0 aliphatic rings. The molecule has 110 valence electrons. The summed E-state index contributed by atoms with van der Waals surface area (Å²) in [5, 5.41) is 0.232. The van der Waals surface area contributed by atoms with Crippen molar-refractivity contribution in [3.05, 3.63) is 18.2 Å². The van der Waals surface area contributed by atoms with Gasteiger partial charge in [0.15, 0.2) is 0 Å². The van der Waals surface area contributed by atoms with Crippen molar-refractivity contribution >= 4 is 11.6 Å². The predicted molar refractivity (Wildman–Crippen MR) is 83.8 cm³/mol. The monoisotopic (exact) mass is 284 g/mol. The Bertz CT molecular complexity index is 285. The van der Waals surface area contributed by atoms with E-state index in [9.17, 15) is 0 Å². The molecule has 1 atom stereocenters. The third-order valence-electron chi connectivity index (χ3n) is 3.59. The lowest BCUT2D eigenvalue weighted by Gasteiger charge is -2.07. The molecule has 1 aromatic heterocycles. The van der Waals surface area contributed by atoms with Crippen LogP contribution in [0.25, 0.3) is 0 Å². The Morgan fingerprint density at radius 3 is 2.26 bits per heavy atom. The van der Waals surface area contributed by atoms with Gasteiger partial charge in [0.1, 0.15) is 5.82 Å². The van der Waals surface area contributed by atoms with E-state index in [2.05, 4.69) is 16.9 Å². The Kier molecular flexibility index (Phi) is 9.88. The van der Waals surface area contributed by atoms with Gasteiger partial charge in [0.2, 0.25) is 0 Å². The zero-order chi connectivity index (χ0) is 13.8. The number of hydrogen-bond acceptors (Lipinski definition) is 1. The number of aromatic nitrogens is 2. The Balaban J connectivity index is 1.85. The van der Waals surface area contributed by atoms with Crippen LogP contribution in [0.3, 0.4) is 0 Å². The Morgan fingerprint density at radius 2 is 1.68 bits per heavy atom. The predicted octanol–water partition coefficient (Wildman–Crippen LogP) is 5.48. The average molecular weight is 285 g/mol. The van der Waals surface area contributed by atoms with Gasteiger partial charge >= 0.3 is 0 Å². The molecule has 1 rings (SSSR count). The second-order valence-electron chi connectivity index (χ2n) is 5.45. The molecule has 1 aromatic rings. The topological polar surface area (TPSA) is 28.7 Å². The highest BCUT2D eigenvalue weighted by molar-refractivity contribution is 6.20. The zero-order valence-electron chi connectivity index (χ0n) is 12.3. The van der Waals surface area contributed by atoms with Crippen molar-refractivity contribution in [2.75, 3.05) is 0 Å². The van der Waals surface area contributed by atoms with Crippen molar-refractivity contribution in [2.45, 2.75) is 82.9 Å². The maximum Gasteiger partial charge on any atom is 0.107 e. The molecule has 0 saturated heterocycles. The average Bonchev–Trinajstić information content (AvgIpc) is 2.89. The first-order valence-corrected chi connectivity index (χ1v) is 8.39. The smallest absolute Gasteiger partial charge is 0.107 e. The summed E-state index contributed by atoms with van der Waals surface area (Å²) in [5.41, 5.74) is 0. The van der Waals surface area contributed by atoms with E-state index in [1.165, 1.54) is 57.8 Å². The fourth-order valence-corrected chi connectivity index (χ4v) is 2.70. The highest BCUT2D eigenvalue weighted by Gasteiger charge is 2.06. The Morgan fingerprint density at radius 1 is 1.05 bits per heavy atom. The normalized spacial score (nSPS) is 12.7. The summed E-state index contributed by atoms with van der Waals surface area (Å²) in [7, 11) is 0. The summed E-state index contributed by atoms with van der Waals surface area (Å²) in [6.07, 6.45) is 18.0. The van der Waals surface area contributed by atoms with Gasteiger partial charge < -0.3 is 4.98 Å². The van der Waals surface area contributed by atoms with Crippen LogP contribution < -0.4 is 0 Å². The third kappa shape index (κ3) is 9.10. The third-order valence-corrected chi connectivity index (χ3v) is 3.96. The lowest BCUT2D eigenvalue weighted by molar-refractivity contribution is 0.550. The van der Waals surface area contributed by atoms with Crippen molar-refractivity contribution in [3.8, 4) is 0 Å². The summed E-state index contributed by atoms with van der Waals surface area (Å²) in [6, 6.07) is 0. The minimum atomic E-state index is 0.232. The molecule has 0 spiro atoms. The first kappa shape index (κ1) is 16.6. The molecule has 0 aliphatic carbocycles.